The van der Waals surface area contributed by atoms with E-state index in [1.54, 1.807) is 18.0 Å². The minimum Gasteiger partial charge on any atom is -0.289 e. The van der Waals surface area contributed by atoms with E-state index >= 15 is 0 Å². The molecule has 0 spiro atoms. The average Bonchev–Trinajstić information content (AvgIpc) is 2.57. The molecule has 1 aliphatic carbocycles. The second kappa shape index (κ2) is 5.35. The third-order valence-corrected chi connectivity index (χ3v) is 4.72. The highest BCUT2D eigenvalue weighted by atomic mass is 32.2. The van der Waals surface area contributed by atoms with Crippen molar-refractivity contribution in [1.29, 1.82) is 0 Å². The van der Waals surface area contributed by atoms with Crippen LogP contribution in [0, 0.1) is 0 Å². The van der Waals surface area contributed by atoms with Gasteiger partial charge in [0.25, 0.3) is 0 Å². The molecule has 0 saturated carbocycles. The molecule has 2 aliphatic rings. The summed E-state index contributed by atoms with van der Waals surface area (Å²) in [5, 5.41) is 1.07. The highest BCUT2D eigenvalue weighted by Crippen LogP contribution is 2.33. The fourth-order valence-electron chi connectivity index (χ4n) is 2.62. The molecular formula is C19H13NOS. The summed E-state index contributed by atoms with van der Waals surface area (Å²) < 4.78 is 2.14. The van der Waals surface area contributed by atoms with E-state index < -0.39 is 0 Å². The molecule has 3 heteroatoms. The van der Waals surface area contributed by atoms with Gasteiger partial charge in [0, 0.05) is 10.5 Å². The Labute approximate surface area is 132 Å². The molecular weight excluding hydrogens is 290 g/mol. The van der Waals surface area contributed by atoms with Crippen LogP contribution in [0.2, 0.25) is 0 Å². The molecule has 2 nitrogen and oxygen atoms in total. The van der Waals surface area contributed by atoms with E-state index in [4.69, 9.17) is 0 Å². The maximum atomic E-state index is 12.2. The van der Waals surface area contributed by atoms with E-state index in [0.717, 1.165) is 27.1 Å². The van der Waals surface area contributed by atoms with Crippen molar-refractivity contribution in [3.8, 4) is 11.3 Å². The molecule has 2 aromatic carbocycles. The molecule has 0 fully saturated rings. The van der Waals surface area contributed by atoms with Gasteiger partial charge in [-0.2, -0.15) is 0 Å². The predicted molar refractivity (Wildman–Crippen MR) is 92.5 cm³/mol. The van der Waals surface area contributed by atoms with Crippen LogP contribution in [0.15, 0.2) is 88.6 Å². The molecule has 0 radical (unpaired) electrons. The van der Waals surface area contributed by atoms with Gasteiger partial charge in [0.1, 0.15) is 0 Å². The zero-order valence-corrected chi connectivity index (χ0v) is 12.6. The van der Waals surface area contributed by atoms with Crippen LogP contribution in [0.3, 0.4) is 0 Å². The fourth-order valence-corrected chi connectivity index (χ4v) is 3.63. The zero-order chi connectivity index (χ0) is 14.9. The molecule has 0 aromatic heterocycles. The van der Waals surface area contributed by atoms with Gasteiger partial charge in [-0.1, -0.05) is 42.5 Å². The van der Waals surface area contributed by atoms with Crippen molar-refractivity contribution in [2.75, 3.05) is 0 Å². The molecule has 0 saturated heterocycles. The van der Waals surface area contributed by atoms with Gasteiger partial charge in [-0.15, -0.1) is 0 Å². The SMILES string of the molecule is O=c1cccc2n(Sc3ccccc3)c3ccccc3cc1-2. The van der Waals surface area contributed by atoms with Crippen molar-refractivity contribution < 1.29 is 0 Å². The van der Waals surface area contributed by atoms with E-state index in [1.807, 2.05) is 54.6 Å². The van der Waals surface area contributed by atoms with Gasteiger partial charge in [0.15, 0.2) is 5.43 Å². The lowest BCUT2D eigenvalue weighted by molar-refractivity contribution is 1.27. The van der Waals surface area contributed by atoms with Gasteiger partial charge >= 0.3 is 0 Å². The Hall–Kier alpha value is -2.52. The number of benzene rings is 3. The summed E-state index contributed by atoms with van der Waals surface area (Å²) in [6, 6.07) is 25.8. The summed E-state index contributed by atoms with van der Waals surface area (Å²) in [5.41, 5.74) is 2.87. The van der Waals surface area contributed by atoms with Crippen molar-refractivity contribution >= 4 is 22.9 Å². The van der Waals surface area contributed by atoms with Crippen molar-refractivity contribution in [3.05, 3.63) is 89.1 Å². The van der Waals surface area contributed by atoms with E-state index in [0.29, 0.717) is 0 Å². The van der Waals surface area contributed by atoms with Gasteiger partial charge in [0.2, 0.25) is 0 Å². The third-order valence-electron chi connectivity index (χ3n) is 3.66. The topological polar surface area (TPSA) is 22.0 Å². The quantitative estimate of drug-likeness (QED) is 0.502. The molecule has 2 aromatic rings. The van der Waals surface area contributed by atoms with Crippen molar-refractivity contribution in [2.24, 2.45) is 0 Å². The minimum absolute atomic E-state index is 0.0608. The Balaban J connectivity index is 2.04. The summed E-state index contributed by atoms with van der Waals surface area (Å²) in [7, 11) is 0. The number of para-hydroxylation sites is 1. The monoisotopic (exact) mass is 303 g/mol. The minimum atomic E-state index is 0.0608. The number of nitrogens with zero attached hydrogens (tertiary/aromatic N) is 1. The van der Waals surface area contributed by atoms with Gasteiger partial charge in [-0.3, -0.25) is 8.77 Å². The maximum Gasteiger partial charge on any atom is 0.187 e. The van der Waals surface area contributed by atoms with Crippen molar-refractivity contribution in [1.82, 2.24) is 3.97 Å². The first kappa shape index (κ1) is 13.2. The van der Waals surface area contributed by atoms with E-state index in [9.17, 15) is 4.79 Å². The number of aromatic nitrogens is 1. The lowest BCUT2D eigenvalue weighted by Gasteiger charge is -2.17. The van der Waals surface area contributed by atoms with Crippen LogP contribution in [-0.2, 0) is 0 Å². The van der Waals surface area contributed by atoms with Gasteiger partial charge in [0.05, 0.1) is 11.2 Å². The fraction of sp³-hybridized carbons (Fsp3) is 0. The van der Waals surface area contributed by atoms with Crippen LogP contribution in [0.4, 0.5) is 0 Å². The second-order valence-electron chi connectivity index (χ2n) is 5.09. The summed E-state index contributed by atoms with van der Waals surface area (Å²) in [6.07, 6.45) is 0. The first-order valence-corrected chi connectivity index (χ1v) is 7.87. The summed E-state index contributed by atoms with van der Waals surface area (Å²) in [4.78, 5) is 13.3. The number of pyridine rings is 1. The Bertz CT molecular complexity index is 975. The summed E-state index contributed by atoms with van der Waals surface area (Å²) in [6.45, 7) is 0. The van der Waals surface area contributed by atoms with Crippen molar-refractivity contribution in [3.63, 3.8) is 0 Å². The van der Waals surface area contributed by atoms with Gasteiger partial charge in [-0.05, 0) is 53.7 Å². The average molecular weight is 303 g/mol. The lowest BCUT2D eigenvalue weighted by atomic mass is 10.1. The first-order chi connectivity index (χ1) is 10.8. The van der Waals surface area contributed by atoms with Crippen LogP contribution in [0.5, 0.6) is 0 Å². The Kier molecular flexibility index (Phi) is 3.20. The number of fused-ring (bicyclic) bond motifs is 2. The largest absolute Gasteiger partial charge is 0.289 e. The number of hydrogen-bond donors (Lipinski definition) is 0. The maximum absolute atomic E-state index is 12.2. The first-order valence-electron chi connectivity index (χ1n) is 7.10. The standard InChI is InChI=1S/C19H13NOS/c21-19-12-6-11-18-16(19)13-14-7-4-5-10-17(14)20(18)22-15-8-2-1-3-9-15/h1-13H. The Morgan fingerprint density at radius 2 is 1.55 bits per heavy atom. The van der Waals surface area contributed by atoms with Crippen LogP contribution in [-0.4, -0.2) is 3.97 Å². The number of hydrogen-bond acceptors (Lipinski definition) is 2. The van der Waals surface area contributed by atoms with E-state index in [1.165, 1.54) is 0 Å². The summed E-state index contributed by atoms with van der Waals surface area (Å²) in [5.74, 6) is 0. The normalized spacial score (nSPS) is 11.1. The van der Waals surface area contributed by atoms with E-state index in [2.05, 4.69) is 22.2 Å². The Morgan fingerprint density at radius 1 is 0.773 bits per heavy atom. The molecule has 1 aliphatic heterocycles. The van der Waals surface area contributed by atoms with E-state index in [-0.39, 0.29) is 5.43 Å². The van der Waals surface area contributed by atoms with Gasteiger partial charge in [-0.25, -0.2) is 0 Å². The summed E-state index contributed by atoms with van der Waals surface area (Å²) >= 11 is 1.63. The molecule has 22 heavy (non-hydrogen) atoms. The van der Waals surface area contributed by atoms with Crippen LogP contribution < -0.4 is 5.43 Å². The van der Waals surface area contributed by atoms with Gasteiger partial charge < -0.3 is 0 Å². The highest BCUT2D eigenvalue weighted by Gasteiger charge is 2.13. The molecule has 0 atom stereocenters. The molecule has 0 N–H and O–H groups in total. The van der Waals surface area contributed by atoms with Crippen molar-refractivity contribution in [2.45, 2.75) is 4.90 Å². The van der Waals surface area contributed by atoms with Crippen LogP contribution >= 0.6 is 11.9 Å². The van der Waals surface area contributed by atoms with Crippen LogP contribution in [0.25, 0.3) is 22.2 Å². The third kappa shape index (κ3) is 2.20. The van der Waals surface area contributed by atoms with Crippen LogP contribution in [0.1, 0.15) is 0 Å². The second-order valence-corrected chi connectivity index (χ2v) is 6.11. The predicted octanol–water partition coefficient (Wildman–Crippen LogP) is 4.66. The lowest BCUT2D eigenvalue weighted by Crippen LogP contribution is -2.08. The highest BCUT2D eigenvalue weighted by molar-refractivity contribution is 7.98. The Morgan fingerprint density at radius 3 is 2.41 bits per heavy atom. The molecule has 1 heterocycles. The molecule has 0 amide bonds. The molecule has 4 rings (SSSR count). The zero-order valence-electron chi connectivity index (χ0n) is 11.8. The number of rotatable bonds is 2. The molecule has 0 bridgehead atoms. The smallest absolute Gasteiger partial charge is 0.187 e. The molecule has 0 unspecified atom stereocenters. The molecule has 106 valence electrons.